The molecule has 0 unspecified atom stereocenters. The van der Waals surface area contributed by atoms with Crippen LogP contribution in [0.15, 0.2) is 27.5 Å². The minimum absolute atomic E-state index is 0.0234. The van der Waals surface area contributed by atoms with Crippen LogP contribution in [-0.4, -0.2) is 16.4 Å². The first kappa shape index (κ1) is 14.5. The summed E-state index contributed by atoms with van der Waals surface area (Å²) in [6.45, 7) is 3.72. The van der Waals surface area contributed by atoms with Gasteiger partial charge in [0.2, 0.25) is 0 Å². The number of halogens is 1. The van der Waals surface area contributed by atoms with Gasteiger partial charge in [-0.3, -0.25) is 24.3 Å². The standard InChI is InChI=1S/C15H12BrN3O3/c1-6-4-10(7(2)3-9(6)16)19-11(20)5-8-12(13(19)17)15(22)18-14(8)21/h3-5H,17H2,1-2H3,(H,18,21,22). The van der Waals surface area contributed by atoms with Crippen LogP contribution >= 0.6 is 15.9 Å². The van der Waals surface area contributed by atoms with Gasteiger partial charge >= 0.3 is 0 Å². The van der Waals surface area contributed by atoms with Crippen LogP contribution in [0.2, 0.25) is 0 Å². The number of carbonyl (C=O) groups is 2. The van der Waals surface area contributed by atoms with Crippen molar-refractivity contribution in [3.05, 3.63) is 55.3 Å². The van der Waals surface area contributed by atoms with Crippen LogP contribution in [0.5, 0.6) is 0 Å². The zero-order chi connectivity index (χ0) is 16.2. The van der Waals surface area contributed by atoms with E-state index in [2.05, 4.69) is 21.2 Å². The first-order valence-electron chi connectivity index (χ1n) is 6.49. The summed E-state index contributed by atoms with van der Waals surface area (Å²) in [5.41, 5.74) is 7.95. The Hall–Kier alpha value is -2.41. The molecule has 0 bridgehead atoms. The first-order valence-corrected chi connectivity index (χ1v) is 7.29. The molecule has 7 heteroatoms. The maximum Gasteiger partial charge on any atom is 0.262 e. The number of hydrogen-bond donors (Lipinski definition) is 2. The number of nitrogens with zero attached hydrogens (tertiary/aromatic N) is 1. The summed E-state index contributed by atoms with van der Waals surface area (Å²) in [6.07, 6.45) is 0. The molecule has 22 heavy (non-hydrogen) atoms. The molecule has 0 saturated carbocycles. The van der Waals surface area contributed by atoms with Gasteiger partial charge in [0.1, 0.15) is 5.82 Å². The number of anilines is 1. The molecule has 1 aromatic heterocycles. The average molecular weight is 362 g/mol. The zero-order valence-corrected chi connectivity index (χ0v) is 13.4. The molecule has 1 aromatic carbocycles. The van der Waals surface area contributed by atoms with Gasteiger partial charge in [-0.2, -0.15) is 0 Å². The van der Waals surface area contributed by atoms with Gasteiger partial charge in [-0.15, -0.1) is 0 Å². The van der Waals surface area contributed by atoms with Gasteiger partial charge in [0, 0.05) is 10.5 Å². The van der Waals surface area contributed by atoms with Crippen molar-refractivity contribution in [1.29, 1.82) is 0 Å². The molecule has 6 nitrogen and oxygen atoms in total. The van der Waals surface area contributed by atoms with E-state index in [-0.39, 0.29) is 16.9 Å². The number of imide groups is 1. The van der Waals surface area contributed by atoms with Crippen LogP contribution in [-0.2, 0) is 0 Å². The summed E-state index contributed by atoms with van der Waals surface area (Å²) >= 11 is 3.43. The number of nitrogens with one attached hydrogen (secondary N) is 1. The minimum atomic E-state index is -0.598. The van der Waals surface area contributed by atoms with Gasteiger partial charge in [0.25, 0.3) is 17.4 Å². The van der Waals surface area contributed by atoms with Crippen LogP contribution in [0.4, 0.5) is 5.82 Å². The molecule has 3 rings (SSSR count). The number of fused-ring (bicyclic) bond motifs is 1. The third kappa shape index (κ3) is 1.97. The van der Waals surface area contributed by atoms with Crippen LogP contribution in [0.1, 0.15) is 31.8 Å². The molecule has 0 fully saturated rings. The maximum atomic E-state index is 12.4. The van der Waals surface area contributed by atoms with Crippen LogP contribution in [0.3, 0.4) is 0 Å². The largest absolute Gasteiger partial charge is 0.384 e. The normalized spacial score (nSPS) is 13.2. The lowest BCUT2D eigenvalue weighted by atomic mass is 10.1. The number of nitrogens with two attached hydrogens (primary N) is 1. The molecule has 0 aliphatic carbocycles. The molecule has 0 radical (unpaired) electrons. The SMILES string of the molecule is Cc1cc(-n2c(N)c3c(cc2=O)C(=O)NC3=O)c(C)cc1Br. The molecule has 1 aliphatic rings. The van der Waals surface area contributed by atoms with Crippen LogP contribution in [0.25, 0.3) is 5.69 Å². The smallest absolute Gasteiger partial charge is 0.262 e. The highest BCUT2D eigenvalue weighted by Crippen LogP contribution is 2.27. The zero-order valence-electron chi connectivity index (χ0n) is 11.9. The molecule has 3 N–H and O–H groups in total. The molecule has 0 spiro atoms. The highest BCUT2D eigenvalue weighted by atomic mass is 79.9. The van der Waals surface area contributed by atoms with E-state index in [1.807, 2.05) is 19.9 Å². The lowest BCUT2D eigenvalue weighted by Gasteiger charge is -2.15. The van der Waals surface area contributed by atoms with Crippen LogP contribution < -0.4 is 16.6 Å². The Kier molecular flexibility index (Phi) is 3.17. The lowest BCUT2D eigenvalue weighted by molar-refractivity contribution is 0.0880. The van der Waals surface area contributed by atoms with Crippen molar-refractivity contribution in [1.82, 2.24) is 9.88 Å². The Bertz CT molecular complexity index is 915. The van der Waals surface area contributed by atoms with Gasteiger partial charge in [-0.05, 0) is 37.1 Å². The van der Waals surface area contributed by atoms with E-state index in [1.54, 1.807) is 6.07 Å². The number of pyridine rings is 1. The number of hydrogen-bond acceptors (Lipinski definition) is 4. The van der Waals surface area contributed by atoms with E-state index >= 15 is 0 Å². The quantitative estimate of drug-likeness (QED) is 0.755. The van der Waals surface area contributed by atoms with Gasteiger partial charge in [0.15, 0.2) is 0 Å². The van der Waals surface area contributed by atoms with Gasteiger partial charge in [0.05, 0.1) is 16.8 Å². The predicted octanol–water partition coefficient (Wildman–Crippen LogP) is 1.68. The monoisotopic (exact) mass is 361 g/mol. The highest BCUT2D eigenvalue weighted by Gasteiger charge is 2.32. The molecular formula is C15H12BrN3O3. The van der Waals surface area contributed by atoms with Crippen molar-refractivity contribution in [3.8, 4) is 5.69 Å². The third-order valence-electron chi connectivity index (χ3n) is 3.67. The minimum Gasteiger partial charge on any atom is -0.384 e. The summed E-state index contributed by atoms with van der Waals surface area (Å²) in [6, 6.07) is 4.82. The van der Waals surface area contributed by atoms with Gasteiger partial charge in [-0.1, -0.05) is 15.9 Å². The van der Waals surface area contributed by atoms with E-state index in [9.17, 15) is 14.4 Å². The van der Waals surface area contributed by atoms with Crippen molar-refractivity contribution in [2.75, 3.05) is 5.73 Å². The van der Waals surface area contributed by atoms with E-state index in [0.29, 0.717) is 5.69 Å². The predicted molar refractivity (Wildman–Crippen MR) is 85.4 cm³/mol. The average Bonchev–Trinajstić information content (AvgIpc) is 2.70. The number of aryl methyl sites for hydroxylation is 2. The van der Waals surface area contributed by atoms with Gasteiger partial charge in [-0.25, -0.2) is 0 Å². The number of benzene rings is 1. The van der Waals surface area contributed by atoms with Crippen molar-refractivity contribution in [2.24, 2.45) is 0 Å². The maximum absolute atomic E-state index is 12.4. The van der Waals surface area contributed by atoms with Crippen molar-refractivity contribution >= 4 is 33.6 Å². The fourth-order valence-electron chi connectivity index (χ4n) is 2.53. The fourth-order valence-corrected chi connectivity index (χ4v) is 2.99. The van der Waals surface area contributed by atoms with E-state index < -0.39 is 17.4 Å². The third-order valence-corrected chi connectivity index (χ3v) is 4.53. The fraction of sp³-hybridized carbons (Fsp3) is 0.133. The van der Waals surface area contributed by atoms with Crippen LogP contribution in [0, 0.1) is 13.8 Å². The first-order chi connectivity index (χ1) is 10.3. The second-order valence-electron chi connectivity index (χ2n) is 5.16. The summed E-state index contributed by atoms with van der Waals surface area (Å²) < 4.78 is 2.17. The second-order valence-corrected chi connectivity index (χ2v) is 6.02. The Morgan fingerprint density at radius 2 is 1.73 bits per heavy atom. The molecule has 2 heterocycles. The second kappa shape index (κ2) is 4.81. The van der Waals surface area contributed by atoms with Gasteiger partial charge < -0.3 is 5.73 Å². The molecule has 2 amide bonds. The molecule has 0 atom stereocenters. The van der Waals surface area contributed by atoms with E-state index in [4.69, 9.17) is 5.73 Å². The molecular weight excluding hydrogens is 350 g/mol. The highest BCUT2D eigenvalue weighted by molar-refractivity contribution is 9.10. The van der Waals surface area contributed by atoms with E-state index in [1.165, 1.54) is 4.57 Å². The Morgan fingerprint density at radius 3 is 2.41 bits per heavy atom. The summed E-state index contributed by atoms with van der Waals surface area (Å²) in [5, 5.41) is 2.15. The number of carbonyl (C=O) groups excluding carboxylic acids is 2. The Morgan fingerprint density at radius 1 is 1.05 bits per heavy atom. The number of nitrogen functional groups attached to an aromatic ring is 1. The van der Waals surface area contributed by atoms with Crippen molar-refractivity contribution in [2.45, 2.75) is 13.8 Å². The molecule has 1 aliphatic heterocycles. The molecule has 2 aromatic rings. The molecule has 112 valence electrons. The lowest BCUT2D eigenvalue weighted by Crippen LogP contribution is -2.24. The number of amides is 2. The molecule has 0 saturated heterocycles. The topological polar surface area (TPSA) is 94.2 Å². The summed E-state index contributed by atoms with van der Waals surface area (Å²) in [5.74, 6) is -1.21. The Labute approximate surface area is 134 Å². The van der Waals surface area contributed by atoms with E-state index in [0.717, 1.165) is 21.7 Å². The van der Waals surface area contributed by atoms with Crippen molar-refractivity contribution in [3.63, 3.8) is 0 Å². The van der Waals surface area contributed by atoms with Crippen molar-refractivity contribution < 1.29 is 9.59 Å². The summed E-state index contributed by atoms with van der Waals surface area (Å²) in [4.78, 5) is 35.9. The number of aromatic nitrogens is 1. The number of rotatable bonds is 1. The summed E-state index contributed by atoms with van der Waals surface area (Å²) in [7, 11) is 0. The Balaban J connectivity index is 2.37.